The number of urea groups is 1. The van der Waals surface area contributed by atoms with Gasteiger partial charge in [0.1, 0.15) is 0 Å². The second-order valence-corrected chi connectivity index (χ2v) is 8.09. The average Bonchev–Trinajstić information content (AvgIpc) is 2.96. The van der Waals surface area contributed by atoms with Crippen molar-refractivity contribution in [2.24, 2.45) is 0 Å². The topological polar surface area (TPSA) is 97.0 Å². The molecule has 0 aromatic heterocycles. The number of nitrogens with zero attached hydrogens (tertiary/aromatic N) is 1. The molecule has 8 nitrogen and oxygen atoms in total. The molecule has 0 radical (unpaired) electrons. The second-order valence-electron chi connectivity index (χ2n) is 6.42. The molecule has 1 spiro atoms. The normalized spacial score (nSPS) is 26.3. The number of nitrogens with one attached hydrogen (secondary N) is 2. The zero-order valence-electron chi connectivity index (χ0n) is 13.3. The molecule has 0 bridgehead atoms. The van der Waals surface area contributed by atoms with E-state index in [1.54, 1.807) is 0 Å². The number of rotatable bonds is 3. The van der Waals surface area contributed by atoms with Crippen LogP contribution in [0, 0.1) is 0 Å². The minimum absolute atomic E-state index is 0.0730. The number of amides is 2. The molecular formula is C14H25N3O5S. The molecule has 9 heteroatoms. The lowest BCUT2D eigenvalue weighted by Crippen LogP contribution is -2.54. The molecule has 1 saturated carbocycles. The molecule has 0 aromatic rings. The largest absolute Gasteiger partial charge is 0.347 e. The molecule has 1 aliphatic carbocycles. The first-order chi connectivity index (χ1) is 11.0. The molecule has 2 heterocycles. The molecule has 2 amide bonds. The summed E-state index contributed by atoms with van der Waals surface area (Å²) >= 11 is 0. The Bertz CT molecular complexity index is 517. The van der Waals surface area contributed by atoms with E-state index in [-0.39, 0.29) is 19.1 Å². The van der Waals surface area contributed by atoms with Crippen molar-refractivity contribution in [3.63, 3.8) is 0 Å². The fourth-order valence-electron chi connectivity index (χ4n) is 3.50. The quantitative estimate of drug-likeness (QED) is 0.783. The van der Waals surface area contributed by atoms with Gasteiger partial charge < -0.3 is 14.8 Å². The zero-order chi connectivity index (χ0) is 16.3. The van der Waals surface area contributed by atoms with Crippen molar-refractivity contribution in [2.45, 2.75) is 56.8 Å². The fourth-order valence-corrected chi connectivity index (χ4v) is 4.58. The molecule has 2 N–H and O–H groups in total. The Hall–Kier alpha value is -0.900. The molecule has 23 heavy (non-hydrogen) atoms. The number of ether oxygens (including phenoxy) is 2. The maximum absolute atomic E-state index is 12.3. The van der Waals surface area contributed by atoms with Crippen molar-refractivity contribution >= 4 is 16.2 Å². The van der Waals surface area contributed by atoms with Gasteiger partial charge in [0.15, 0.2) is 5.79 Å². The van der Waals surface area contributed by atoms with Gasteiger partial charge in [-0.3, -0.25) is 0 Å². The summed E-state index contributed by atoms with van der Waals surface area (Å²) in [5.74, 6) is -0.629. The first-order valence-corrected chi connectivity index (χ1v) is 9.79. The van der Waals surface area contributed by atoms with Gasteiger partial charge in [-0.05, 0) is 12.8 Å². The van der Waals surface area contributed by atoms with Crippen LogP contribution in [0.15, 0.2) is 0 Å². The lowest BCUT2D eigenvalue weighted by Gasteiger charge is -2.36. The molecule has 2 aliphatic heterocycles. The maximum atomic E-state index is 12.3. The van der Waals surface area contributed by atoms with Crippen LogP contribution < -0.4 is 10.0 Å². The van der Waals surface area contributed by atoms with Gasteiger partial charge >= 0.3 is 16.2 Å². The monoisotopic (exact) mass is 347 g/mol. The van der Waals surface area contributed by atoms with Crippen molar-refractivity contribution in [2.75, 3.05) is 26.3 Å². The van der Waals surface area contributed by atoms with E-state index in [0.717, 1.165) is 25.7 Å². The molecular weight excluding hydrogens is 322 g/mol. The third-order valence-electron chi connectivity index (χ3n) is 4.80. The SMILES string of the molecule is O=C(NC1CCCCC1)NS(=O)(=O)N1CCC2(CC1)OCCO2. The minimum atomic E-state index is -3.82. The van der Waals surface area contributed by atoms with Crippen molar-refractivity contribution in [3.8, 4) is 0 Å². The predicted molar refractivity (Wildman–Crippen MR) is 82.9 cm³/mol. The summed E-state index contributed by atoms with van der Waals surface area (Å²) in [5, 5.41) is 2.76. The van der Waals surface area contributed by atoms with Crippen LogP contribution >= 0.6 is 0 Å². The van der Waals surface area contributed by atoms with Crippen LogP contribution in [0.2, 0.25) is 0 Å². The van der Waals surface area contributed by atoms with E-state index in [9.17, 15) is 13.2 Å². The van der Waals surface area contributed by atoms with Gasteiger partial charge in [-0.15, -0.1) is 0 Å². The van der Waals surface area contributed by atoms with Gasteiger partial charge in [0.25, 0.3) is 0 Å². The summed E-state index contributed by atoms with van der Waals surface area (Å²) in [6.45, 7) is 1.67. The molecule has 3 fully saturated rings. The number of hydrogen-bond donors (Lipinski definition) is 2. The highest BCUT2D eigenvalue weighted by Crippen LogP contribution is 2.31. The molecule has 0 aromatic carbocycles. The van der Waals surface area contributed by atoms with Crippen LogP contribution in [0.5, 0.6) is 0 Å². The Morgan fingerprint density at radius 1 is 1.04 bits per heavy atom. The van der Waals surface area contributed by atoms with Crippen LogP contribution in [0.3, 0.4) is 0 Å². The first-order valence-electron chi connectivity index (χ1n) is 8.35. The summed E-state index contributed by atoms with van der Waals surface area (Å²) < 4.78 is 39.2. The van der Waals surface area contributed by atoms with Crippen molar-refractivity contribution in [3.05, 3.63) is 0 Å². The van der Waals surface area contributed by atoms with Crippen molar-refractivity contribution in [1.82, 2.24) is 14.3 Å². The van der Waals surface area contributed by atoms with Gasteiger partial charge in [0.05, 0.1) is 13.2 Å². The summed E-state index contributed by atoms with van der Waals surface area (Å²) in [6, 6.07) is -0.561. The third kappa shape index (κ3) is 4.14. The standard InChI is InChI=1S/C14H25N3O5S/c18-13(15-12-4-2-1-3-5-12)16-23(19,20)17-8-6-14(7-9-17)21-10-11-22-14/h12H,1-11H2,(H2,15,16,18). The van der Waals surface area contributed by atoms with Crippen molar-refractivity contribution in [1.29, 1.82) is 0 Å². The molecule has 3 aliphatic rings. The molecule has 132 valence electrons. The van der Waals surface area contributed by atoms with Gasteiger partial charge in [-0.1, -0.05) is 19.3 Å². The van der Waals surface area contributed by atoms with E-state index in [0.29, 0.717) is 26.1 Å². The Labute approximate surface area is 137 Å². The smallest absolute Gasteiger partial charge is 0.329 e. The Morgan fingerprint density at radius 3 is 2.26 bits per heavy atom. The lowest BCUT2D eigenvalue weighted by atomic mass is 9.96. The van der Waals surface area contributed by atoms with Crippen LogP contribution in [-0.2, 0) is 19.7 Å². The molecule has 3 rings (SSSR count). The molecule has 0 unspecified atom stereocenters. The number of piperidine rings is 1. The summed E-state index contributed by atoms with van der Waals surface area (Å²) in [5.41, 5.74) is 0. The van der Waals surface area contributed by atoms with E-state index >= 15 is 0 Å². The van der Waals surface area contributed by atoms with Crippen LogP contribution in [-0.4, -0.2) is 56.9 Å². The summed E-state index contributed by atoms with van der Waals surface area (Å²) in [6.07, 6.45) is 6.12. The van der Waals surface area contributed by atoms with E-state index < -0.39 is 22.0 Å². The minimum Gasteiger partial charge on any atom is -0.347 e. The molecule has 0 atom stereocenters. The lowest BCUT2D eigenvalue weighted by molar-refractivity contribution is -0.179. The Morgan fingerprint density at radius 2 is 1.65 bits per heavy atom. The van der Waals surface area contributed by atoms with Crippen LogP contribution in [0.25, 0.3) is 0 Å². The first kappa shape index (κ1) is 16.9. The third-order valence-corrected chi connectivity index (χ3v) is 6.29. The maximum Gasteiger partial charge on any atom is 0.329 e. The number of carbonyl (C=O) groups is 1. The van der Waals surface area contributed by atoms with Crippen molar-refractivity contribution < 1.29 is 22.7 Å². The number of carbonyl (C=O) groups excluding carboxylic acids is 1. The second kappa shape index (κ2) is 6.92. The van der Waals surface area contributed by atoms with E-state index in [4.69, 9.17) is 9.47 Å². The highest BCUT2D eigenvalue weighted by molar-refractivity contribution is 7.87. The Kier molecular flexibility index (Phi) is 5.10. The predicted octanol–water partition coefficient (Wildman–Crippen LogP) is 0.702. The van der Waals surface area contributed by atoms with E-state index in [1.807, 2.05) is 0 Å². The fraction of sp³-hybridized carbons (Fsp3) is 0.929. The van der Waals surface area contributed by atoms with Crippen LogP contribution in [0.1, 0.15) is 44.9 Å². The van der Waals surface area contributed by atoms with Gasteiger partial charge in [-0.2, -0.15) is 12.7 Å². The van der Waals surface area contributed by atoms with Crippen LogP contribution in [0.4, 0.5) is 4.79 Å². The Balaban J connectivity index is 1.49. The zero-order valence-corrected chi connectivity index (χ0v) is 14.1. The highest BCUT2D eigenvalue weighted by Gasteiger charge is 2.42. The number of hydrogen-bond acceptors (Lipinski definition) is 5. The average molecular weight is 347 g/mol. The summed E-state index contributed by atoms with van der Waals surface area (Å²) in [7, 11) is -3.82. The van der Waals surface area contributed by atoms with Gasteiger partial charge in [-0.25, -0.2) is 9.52 Å². The van der Waals surface area contributed by atoms with E-state index in [1.165, 1.54) is 10.7 Å². The van der Waals surface area contributed by atoms with Gasteiger partial charge in [0.2, 0.25) is 0 Å². The summed E-state index contributed by atoms with van der Waals surface area (Å²) in [4.78, 5) is 11.9. The molecule has 2 saturated heterocycles. The van der Waals surface area contributed by atoms with E-state index in [2.05, 4.69) is 10.0 Å². The highest BCUT2D eigenvalue weighted by atomic mass is 32.2. The van der Waals surface area contributed by atoms with Gasteiger partial charge in [0, 0.05) is 32.0 Å².